The zero-order valence-corrected chi connectivity index (χ0v) is 14.3. The van der Waals surface area contributed by atoms with Crippen LogP contribution in [-0.4, -0.2) is 43.2 Å². The van der Waals surface area contributed by atoms with E-state index in [-0.39, 0.29) is 12.5 Å². The molecule has 2 rings (SSSR count). The molecule has 24 heavy (non-hydrogen) atoms. The van der Waals surface area contributed by atoms with E-state index in [4.69, 9.17) is 4.74 Å². The summed E-state index contributed by atoms with van der Waals surface area (Å²) in [6.45, 7) is 2.56. The van der Waals surface area contributed by atoms with Gasteiger partial charge in [-0.3, -0.25) is 9.69 Å². The lowest BCUT2D eigenvalue weighted by Crippen LogP contribution is -2.33. The van der Waals surface area contributed by atoms with Crippen LogP contribution in [0.2, 0.25) is 0 Å². The Kier molecular flexibility index (Phi) is 6.35. The zero-order valence-electron chi connectivity index (χ0n) is 14.3. The van der Waals surface area contributed by atoms with Crippen molar-refractivity contribution < 1.29 is 14.6 Å². The van der Waals surface area contributed by atoms with Gasteiger partial charge in [0.2, 0.25) is 5.91 Å². The van der Waals surface area contributed by atoms with Crippen molar-refractivity contribution in [2.75, 3.05) is 32.6 Å². The first-order valence-electron chi connectivity index (χ1n) is 7.85. The SMILES string of the molecule is COc1cccc(C(O)CN(C)CC(=O)Nc2ccc(C)cc2)c1. The van der Waals surface area contributed by atoms with E-state index in [1.54, 1.807) is 25.1 Å². The van der Waals surface area contributed by atoms with Crippen LogP contribution in [0.25, 0.3) is 0 Å². The average Bonchev–Trinajstić information content (AvgIpc) is 2.56. The average molecular weight is 328 g/mol. The molecule has 0 aliphatic carbocycles. The molecule has 0 aliphatic heterocycles. The van der Waals surface area contributed by atoms with Gasteiger partial charge in [0.05, 0.1) is 19.8 Å². The van der Waals surface area contributed by atoms with E-state index < -0.39 is 6.10 Å². The summed E-state index contributed by atoms with van der Waals surface area (Å²) in [5.74, 6) is 0.588. The van der Waals surface area contributed by atoms with Crippen molar-refractivity contribution in [1.29, 1.82) is 0 Å². The third kappa shape index (κ3) is 5.37. The third-order valence-electron chi connectivity index (χ3n) is 3.71. The Morgan fingerprint density at radius 3 is 2.62 bits per heavy atom. The van der Waals surface area contributed by atoms with Crippen LogP contribution in [0.4, 0.5) is 5.69 Å². The first-order chi connectivity index (χ1) is 11.5. The Hall–Kier alpha value is -2.37. The number of benzene rings is 2. The van der Waals surface area contributed by atoms with Gasteiger partial charge in [0.1, 0.15) is 5.75 Å². The van der Waals surface area contributed by atoms with Crippen LogP contribution in [0.15, 0.2) is 48.5 Å². The van der Waals surface area contributed by atoms with E-state index in [2.05, 4.69) is 5.32 Å². The number of aryl methyl sites for hydroxylation is 1. The maximum atomic E-state index is 12.1. The summed E-state index contributed by atoms with van der Waals surface area (Å²) in [5.41, 5.74) is 2.68. The Morgan fingerprint density at radius 2 is 1.96 bits per heavy atom. The maximum absolute atomic E-state index is 12.1. The minimum atomic E-state index is -0.683. The number of hydrogen-bond donors (Lipinski definition) is 2. The van der Waals surface area contributed by atoms with Gasteiger partial charge in [-0.25, -0.2) is 0 Å². The standard InChI is InChI=1S/C19H24N2O3/c1-14-7-9-16(10-8-14)20-19(23)13-21(2)12-18(22)15-5-4-6-17(11-15)24-3/h4-11,18,22H,12-13H2,1-3H3,(H,20,23). The molecule has 2 aromatic carbocycles. The number of likely N-dealkylation sites (N-methyl/N-ethyl adjacent to an activating group) is 1. The number of aliphatic hydroxyl groups is 1. The molecule has 0 bridgehead atoms. The quantitative estimate of drug-likeness (QED) is 0.820. The number of amides is 1. The van der Waals surface area contributed by atoms with Crippen molar-refractivity contribution in [1.82, 2.24) is 4.90 Å². The Balaban J connectivity index is 1.86. The van der Waals surface area contributed by atoms with Crippen LogP contribution in [0.1, 0.15) is 17.2 Å². The lowest BCUT2D eigenvalue weighted by atomic mass is 10.1. The number of rotatable bonds is 7. The van der Waals surface area contributed by atoms with E-state index in [1.807, 2.05) is 49.4 Å². The summed E-state index contributed by atoms with van der Waals surface area (Å²) in [5, 5.41) is 13.2. The van der Waals surface area contributed by atoms with E-state index in [0.717, 1.165) is 16.8 Å². The van der Waals surface area contributed by atoms with E-state index in [0.29, 0.717) is 12.3 Å². The maximum Gasteiger partial charge on any atom is 0.238 e. The molecule has 0 fully saturated rings. The van der Waals surface area contributed by atoms with Crippen molar-refractivity contribution in [2.24, 2.45) is 0 Å². The van der Waals surface area contributed by atoms with E-state index in [1.165, 1.54) is 0 Å². The summed E-state index contributed by atoms with van der Waals surface area (Å²) in [6.07, 6.45) is -0.683. The van der Waals surface area contributed by atoms with Gasteiger partial charge in [-0.05, 0) is 43.8 Å². The molecule has 5 nitrogen and oxygen atoms in total. The van der Waals surface area contributed by atoms with E-state index >= 15 is 0 Å². The van der Waals surface area contributed by atoms with Gasteiger partial charge in [0.25, 0.3) is 0 Å². The van der Waals surface area contributed by atoms with Crippen LogP contribution in [0.5, 0.6) is 5.75 Å². The number of hydrogen-bond acceptors (Lipinski definition) is 4. The first kappa shape index (κ1) is 18.0. The Morgan fingerprint density at radius 1 is 1.25 bits per heavy atom. The van der Waals surface area contributed by atoms with Crippen molar-refractivity contribution in [3.05, 3.63) is 59.7 Å². The Labute approximate surface area is 142 Å². The molecule has 0 aromatic heterocycles. The molecule has 5 heteroatoms. The molecule has 1 unspecified atom stereocenters. The summed E-state index contributed by atoms with van der Waals surface area (Å²) >= 11 is 0. The fourth-order valence-corrected chi connectivity index (χ4v) is 2.40. The molecule has 0 saturated heterocycles. The minimum Gasteiger partial charge on any atom is -0.497 e. The minimum absolute atomic E-state index is 0.112. The van der Waals surface area contributed by atoms with Gasteiger partial charge in [-0.1, -0.05) is 29.8 Å². The highest BCUT2D eigenvalue weighted by Gasteiger charge is 2.14. The molecule has 0 aliphatic rings. The van der Waals surface area contributed by atoms with Crippen molar-refractivity contribution >= 4 is 11.6 Å². The topological polar surface area (TPSA) is 61.8 Å². The molecule has 2 N–H and O–H groups in total. The number of nitrogens with one attached hydrogen (secondary N) is 1. The molecular formula is C19H24N2O3. The summed E-state index contributed by atoms with van der Waals surface area (Å²) in [7, 11) is 3.39. The fourth-order valence-electron chi connectivity index (χ4n) is 2.40. The number of ether oxygens (including phenoxy) is 1. The molecule has 0 saturated carbocycles. The number of carbonyl (C=O) groups excluding carboxylic acids is 1. The molecule has 128 valence electrons. The molecule has 2 aromatic rings. The Bertz CT molecular complexity index is 671. The van der Waals surface area contributed by atoms with E-state index in [9.17, 15) is 9.90 Å². The lowest BCUT2D eigenvalue weighted by Gasteiger charge is -2.20. The number of methoxy groups -OCH3 is 1. The lowest BCUT2D eigenvalue weighted by molar-refractivity contribution is -0.117. The molecule has 1 amide bonds. The predicted molar refractivity (Wildman–Crippen MR) is 95.3 cm³/mol. The van der Waals surface area contributed by atoms with Gasteiger partial charge >= 0.3 is 0 Å². The molecule has 0 spiro atoms. The van der Waals surface area contributed by atoms with Crippen LogP contribution >= 0.6 is 0 Å². The fraction of sp³-hybridized carbons (Fsp3) is 0.316. The number of aliphatic hydroxyl groups excluding tert-OH is 1. The van der Waals surface area contributed by atoms with Gasteiger partial charge in [0.15, 0.2) is 0 Å². The zero-order chi connectivity index (χ0) is 17.5. The van der Waals surface area contributed by atoms with Crippen molar-refractivity contribution in [3.8, 4) is 5.75 Å². The molecular weight excluding hydrogens is 304 g/mol. The molecule has 0 heterocycles. The monoisotopic (exact) mass is 328 g/mol. The first-order valence-corrected chi connectivity index (χ1v) is 7.85. The highest BCUT2D eigenvalue weighted by atomic mass is 16.5. The second-order valence-corrected chi connectivity index (χ2v) is 5.90. The van der Waals surface area contributed by atoms with Crippen LogP contribution in [-0.2, 0) is 4.79 Å². The van der Waals surface area contributed by atoms with Crippen LogP contribution < -0.4 is 10.1 Å². The highest BCUT2D eigenvalue weighted by molar-refractivity contribution is 5.92. The van der Waals surface area contributed by atoms with Gasteiger partial charge in [-0.15, -0.1) is 0 Å². The number of carbonyl (C=O) groups is 1. The molecule has 0 radical (unpaired) electrons. The second kappa shape index (κ2) is 8.47. The van der Waals surface area contributed by atoms with Crippen LogP contribution in [0.3, 0.4) is 0 Å². The summed E-state index contributed by atoms with van der Waals surface area (Å²) in [4.78, 5) is 13.9. The van der Waals surface area contributed by atoms with Crippen LogP contribution in [0, 0.1) is 6.92 Å². The smallest absolute Gasteiger partial charge is 0.238 e. The molecule has 1 atom stereocenters. The summed E-state index contributed by atoms with van der Waals surface area (Å²) < 4.78 is 5.16. The van der Waals surface area contributed by atoms with Gasteiger partial charge in [0, 0.05) is 12.2 Å². The number of nitrogens with zero attached hydrogens (tertiary/aromatic N) is 1. The predicted octanol–water partition coefficient (Wildman–Crippen LogP) is 2.61. The van der Waals surface area contributed by atoms with Gasteiger partial charge < -0.3 is 15.2 Å². The largest absolute Gasteiger partial charge is 0.497 e. The number of anilines is 1. The van der Waals surface area contributed by atoms with Crippen molar-refractivity contribution in [3.63, 3.8) is 0 Å². The highest BCUT2D eigenvalue weighted by Crippen LogP contribution is 2.19. The van der Waals surface area contributed by atoms with Gasteiger partial charge in [-0.2, -0.15) is 0 Å². The van der Waals surface area contributed by atoms with Crippen molar-refractivity contribution in [2.45, 2.75) is 13.0 Å². The summed E-state index contributed by atoms with van der Waals surface area (Å²) in [6, 6.07) is 14.9. The second-order valence-electron chi connectivity index (χ2n) is 5.90. The normalized spacial score (nSPS) is 12.0. The third-order valence-corrected chi connectivity index (χ3v) is 3.71.